The Morgan fingerprint density at radius 3 is 2.66 bits per heavy atom. The number of benzene rings is 1. The predicted molar refractivity (Wildman–Crippen MR) is 141 cm³/mol. The van der Waals surface area contributed by atoms with Crippen LogP contribution in [0.5, 0.6) is 5.75 Å². The quantitative estimate of drug-likeness (QED) is 0.498. The summed E-state index contributed by atoms with van der Waals surface area (Å²) in [6.07, 6.45) is -0.606. The third kappa shape index (κ3) is 5.47. The van der Waals surface area contributed by atoms with E-state index < -0.39 is 11.6 Å². The fraction of sp³-hybridized carbons (Fsp3) is 0.462. The molecule has 0 saturated carbocycles. The zero-order valence-corrected chi connectivity index (χ0v) is 23.2. The lowest BCUT2D eigenvalue weighted by Gasteiger charge is -2.35. The van der Waals surface area contributed by atoms with Crippen molar-refractivity contribution < 1.29 is 19.4 Å². The van der Waals surface area contributed by atoms with E-state index in [-0.39, 0.29) is 18.6 Å². The van der Waals surface area contributed by atoms with Crippen molar-refractivity contribution in [2.45, 2.75) is 66.2 Å². The minimum Gasteiger partial charge on any atom is -0.490 e. The maximum absolute atomic E-state index is 13.0. The largest absolute Gasteiger partial charge is 0.490 e. The highest BCUT2D eigenvalue weighted by atomic mass is 32.1. The van der Waals surface area contributed by atoms with Crippen molar-refractivity contribution in [1.82, 2.24) is 29.8 Å². The number of hydrogen-bond donors (Lipinski definition) is 1. The maximum Gasteiger partial charge on any atom is 0.408 e. The molecule has 0 aliphatic carbocycles. The van der Waals surface area contributed by atoms with Gasteiger partial charge < -0.3 is 14.7 Å². The monoisotopic (exact) mass is 537 g/mol. The molecular formula is C26H31N7O4S. The van der Waals surface area contributed by atoms with Gasteiger partial charge in [-0.15, -0.1) is 10.2 Å². The van der Waals surface area contributed by atoms with Gasteiger partial charge in [0.15, 0.2) is 0 Å². The second-order valence-electron chi connectivity index (χ2n) is 10.4. The minimum absolute atomic E-state index is 0.0456. The Labute approximate surface area is 225 Å². The van der Waals surface area contributed by atoms with E-state index in [2.05, 4.69) is 16.3 Å². The van der Waals surface area contributed by atoms with Crippen LogP contribution in [0.3, 0.4) is 0 Å². The standard InChI is InChI=1S/C26H31N7O4S/c1-15(2)37-21-8-7-17(11-18(21)12-27)23-28-29-24(38-23)33-16(3)19-13-31(10-9-20(19)30-33)22(34)14-32(25(35)36)26(4,5)6/h7-8,11,15H,9-10,13-14H2,1-6H3,(H,35,36). The third-order valence-corrected chi connectivity index (χ3v) is 7.23. The first-order valence-electron chi connectivity index (χ1n) is 12.3. The van der Waals surface area contributed by atoms with E-state index in [1.54, 1.807) is 42.5 Å². The SMILES string of the molecule is Cc1c2c(nn1-c1nnc(-c3ccc(OC(C)C)c(C#N)c3)s1)CCN(C(=O)CN(C(=O)O)C(C)(C)C)C2. The molecule has 0 fully saturated rings. The lowest BCUT2D eigenvalue weighted by Crippen LogP contribution is -2.51. The molecule has 2 amide bonds. The fourth-order valence-corrected chi connectivity index (χ4v) is 5.11. The summed E-state index contributed by atoms with van der Waals surface area (Å²) >= 11 is 1.35. The van der Waals surface area contributed by atoms with Gasteiger partial charge in [-0.05, 0) is 59.7 Å². The lowest BCUT2D eigenvalue weighted by molar-refractivity contribution is -0.134. The molecule has 0 radical (unpaired) electrons. The molecule has 0 saturated heterocycles. The number of aromatic nitrogens is 4. The van der Waals surface area contributed by atoms with E-state index in [0.29, 0.717) is 41.0 Å². The zero-order chi connectivity index (χ0) is 27.8. The van der Waals surface area contributed by atoms with Crippen molar-refractivity contribution >= 4 is 23.3 Å². The van der Waals surface area contributed by atoms with Crippen molar-refractivity contribution in [3.8, 4) is 27.5 Å². The van der Waals surface area contributed by atoms with Crippen LogP contribution in [0.1, 0.15) is 57.1 Å². The van der Waals surface area contributed by atoms with Gasteiger partial charge in [-0.2, -0.15) is 10.4 Å². The molecule has 0 bridgehead atoms. The Bertz CT molecular complexity index is 1410. The second kappa shape index (κ2) is 10.4. The van der Waals surface area contributed by atoms with E-state index in [9.17, 15) is 20.0 Å². The number of amides is 2. The van der Waals surface area contributed by atoms with Crippen molar-refractivity contribution in [3.63, 3.8) is 0 Å². The normalized spacial score (nSPS) is 13.3. The van der Waals surface area contributed by atoms with Crippen LogP contribution >= 0.6 is 11.3 Å². The van der Waals surface area contributed by atoms with Gasteiger partial charge in [0.05, 0.1) is 17.4 Å². The zero-order valence-electron chi connectivity index (χ0n) is 22.3. The Morgan fingerprint density at radius 1 is 1.29 bits per heavy atom. The van der Waals surface area contributed by atoms with Gasteiger partial charge in [0.2, 0.25) is 11.0 Å². The van der Waals surface area contributed by atoms with Crippen LogP contribution in [-0.2, 0) is 17.8 Å². The molecule has 2 aromatic heterocycles. The molecule has 0 atom stereocenters. The lowest BCUT2D eigenvalue weighted by atomic mass is 10.0. The van der Waals surface area contributed by atoms with E-state index in [0.717, 1.165) is 27.4 Å². The Morgan fingerprint density at radius 2 is 2.03 bits per heavy atom. The summed E-state index contributed by atoms with van der Waals surface area (Å²) in [7, 11) is 0. The number of carbonyl (C=O) groups excluding carboxylic acids is 1. The molecule has 38 heavy (non-hydrogen) atoms. The summed E-state index contributed by atoms with van der Waals surface area (Å²) in [5.74, 6) is 0.288. The Balaban J connectivity index is 1.54. The van der Waals surface area contributed by atoms with Crippen LogP contribution in [0.25, 0.3) is 15.7 Å². The molecular weight excluding hydrogens is 506 g/mol. The van der Waals surface area contributed by atoms with Gasteiger partial charge in [-0.1, -0.05) is 11.3 Å². The van der Waals surface area contributed by atoms with E-state index in [4.69, 9.17) is 9.84 Å². The highest BCUT2D eigenvalue weighted by molar-refractivity contribution is 7.17. The van der Waals surface area contributed by atoms with Crippen LogP contribution < -0.4 is 4.74 Å². The second-order valence-corrected chi connectivity index (χ2v) is 11.4. The van der Waals surface area contributed by atoms with E-state index in [1.807, 2.05) is 26.8 Å². The molecule has 3 heterocycles. The summed E-state index contributed by atoms with van der Waals surface area (Å²) in [4.78, 5) is 27.5. The van der Waals surface area contributed by atoms with Gasteiger partial charge in [-0.25, -0.2) is 9.48 Å². The van der Waals surface area contributed by atoms with Crippen LogP contribution in [-0.4, -0.2) is 71.6 Å². The molecule has 0 unspecified atom stereocenters. The number of nitrogens with zero attached hydrogens (tertiary/aromatic N) is 7. The first kappa shape index (κ1) is 27.1. The summed E-state index contributed by atoms with van der Waals surface area (Å²) in [6.45, 7) is 11.6. The van der Waals surface area contributed by atoms with Crippen molar-refractivity contribution in [2.24, 2.45) is 0 Å². The molecule has 1 aromatic carbocycles. The van der Waals surface area contributed by atoms with Crippen LogP contribution in [0.4, 0.5) is 4.79 Å². The minimum atomic E-state index is -1.12. The smallest absolute Gasteiger partial charge is 0.408 e. The first-order chi connectivity index (χ1) is 17.9. The molecule has 12 heteroatoms. The molecule has 200 valence electrons. The summed E-state index contributed by atoms with van der Waals surface area (Å²) < 4.78 is 7.45. The summed E-state index contributed by atoms with van der Waals surface area (Å²) in [5.41, 5.74) is 3.17. The average Bonchev–Trinajstić information content (AvgIpc) is 3.46. The number of nitriles is 1. The van der Waals surface area contributed by atoms with Gasteiger partial charge in [0, 0.05) is 41.9 Å². The summed E-state index contributed by atoms with van der Waals surface area (Å²) in [6, 6.07) is 7.54. The number of carboxylic acid groups (broad SMARTS) is 1. The predicted octanol–water partition coefficient (Wildman–Crippen LogP) is 4.02. The molecule has 1 N–H and O–H groups in total. The number of hydrogen-bond acceptors (Lipinski definition) is 8. The topological polar surface area (TPSA) is 137 Å². The molecule has 3 aromatic rings. The van der Waals surface area contributed by atoms with Crippen molar-refractivity contribution in [3.05, 3.63) is 40.7 Å². The number of carbonyl (C=O) groups is 2. The average molecular weight is 538 g/mol. The van der Waals surface area contributed by atoms with Crippen LogP contribution in [0.15, 0.2) is 18.2 Å². The molecule has 1 aliphatic heterocycles. The van der Waals surface area contributed by atoms with Gasteiger partial charge in [-0.3, -0.25) is 9.69 Å². The Hall–Kier alpha value is -3.98. The molecule has 4 rings (SSSR count). The summed E-state index contributed by atoms with van der Waals surface area (Å²) in [5, 5.41) is 33.7. The fourth-order valence-electron chi connectivity index (χ4n) is 4.26. The number of fused-ring (bicyclic) bond motifs is 1. The van der Waals surface area contributed by atoms with Crippen LogP contribution in [0.2, 0.25) is 0 Å². The highest BCUT2D eigenvalue weighted by Crippen LogP contribution is 2.32. The molecule has 1 aliphatic rings. The van der Waals surface area contributed by atoms with E-state index in [1.165, 1.54) is 11.3 Å². The van der Waals surface area contributed by atoms with Gasteiger partial charge in [0.1, 0.15) is 23.4 Å². The molecule has 11 nitrogen and oxygen atoms in total. The first-order valence-corrected chi connectivity index (χ1v) is 13.1. The van der Waals surface area contributed by atoms with E-state index >= 15 is 0 Å². The Kier molecular flexibility index (Phi) is 7.42. The maximum atomic E-state index is 13.0. The van der Waals surface area contributed by atoms with Gasteiger partial charge >= 0.3 is 6.09 Å². The molecule has 0 spiro atoms. The van der Waals surface area contributed by atoms with Gasteiger partial charge in [0.25, 0.3) is 0 Å². The van der Waals surface area contributed by atoms with Crippen molar-refractivity contribution in [2.75, 3.05) is 13.1 Å². The van der Waals surface area contributed by atoms with Crippen molar-refractivity contribution in [1.29, 1.82) is 5.26 Å². The number of ether oxygens (including phenoxy) is 1. The highest BCUT2D eigenvalue weighted by Gasteiger charge is 2.32. The number of rotatable bonds is 6. The van der Waals surface area contributed by atoms with Crippen LogP contribution in [0, 0.1) is 18.3 Å². The third-order valence-electron chi connectivity index (χ3n) is 6.28.